The predicted octanol–water partition coefficient (Wildman–Crippen LogP) is 5.63. The lowest BCUT2D eigenvalue weighted by Gasteiger charge is -2.32. The van der Waals surface area contributed by atoms with Gasteiger partial charge in [0.05, 0.1) is 12.1 Å². The summed E-state index contributed by atoms with van der Waals surface area (Å²) in [6.45, 7) is 0. The minimum absolute atomic E-state index is 0.00358. The molecular weight excluding hydrogens is 433 g/mol. The maximum Gasteiger partial charge on any atom is 0.124 e. The van der Waals surface area contributed by atoms with Gasteiger partial charge in [-0.15, -0.1) is 24.4 Å². The zero-order valence-electron chi connectivity index (χ0n) is 16.7. The van der Waals surface area contributed by atoms with Gasteiger partial charge in [-0.2, -0.15) is 0 Å². The number of hydrogen-bond acceptors (Lipinski definition) is 6. The molecule has 0 spiro atoms. The number of rotatable bonds is 6. The number of hydrogen-bond donors (Lipinski definition) is 4. The summed E-state index contributed by atoms with van der Waals surface area (Å²) in [5.41, 5.74) is 2.36. The van der Waals surface area contributed by atoms with E-state index in [0.717, 1.165) is 5.69 Å². The summed E-state index contributed by atoms with van der Waals surface area (Å²) in [6.07, 6.45) is 0.440. The van der Waals surface area contributed by atoms with Crippen LogP contribution in [0.25, 0.3) is 0 Å². The molecule has 0 bridgehead atoms. The Morgan fingerprint density at radius 1 is 1.00 bits per heavy atom. The number of para-hydroxylation sites is 1. The van der Waals surface area contributed by atoms with Crippen LogP contribution in [0.2, 0.25) is 0 Å². The highest BCUT2D eigenvalue weighted by Gasteiger charge is 2.42. The van der Waals surface area contributed by atoms with Crippen LogP contribution in [0.15, 0.2) is 72.8 Å². The zero-order chi connectivity index (χ0) is 22.0. The first-order valence-corrected chi connectivity index (χ1v) is 11.5. The van der Waals surface area contributed by atoms with Crippen LogP contribution in [0, 0.1) is 5.82 Å². The monoisotopic (exact) mass is 457 g/mol. The summed E-state index contributed by atoms with van der Waals surface area (Å²) in [5.74, 6) is -0.302. The van der Waals surface area contributed by atoms with Crippen molar-refractivity contribution in [2.24, 2.45) is 0 Å². The van der Waals surface area contributed by atoms with Crippen LogP contribution in [0.1, 0.15) is 36.1 Å². The van der Waals surface area contributed by atoms with E-state index in [2.05, 4.69) is 4.90 Å². The molecule has 4 rings (SSSR count). The van der Waals surface area contributed by atoms with Crippen LogP contribution < -0.4 is 4.90 Å². The summed E-state index contributed by atoms with van der Waals surface area (Å²) in [6, 6.07) is 20.2. The molecule has 1 heterocycles. The van der Waals surface area contributed by atoms with Crippen LogP contribution in [-0.2, 0) is 0 Å². The van der Waals surface area contributed by atoms with Gasteiger partial charge < -0.3 is 20.2 Å². The summed E-state index contributed by atoms with van der Waals surface area (Å²) in [4.78, 5) is 2.15. The molecule has 0 aliphatic carbocycles. The number of aliphatic hydroxyl groups is 1. The first-order chi connectivity index (χ1) is 14.9. The lowest BCUT2D eigenvalue weighted by molar-refractivity contribution is 0.163. The second-order valence-corrected chi connectivity index (χ2v) is 9.74. The van der Waals surface area contributed by atoms with Crippen molar-refractivity contribution < 1.29 is 19.7 Å². The number of aromatic hydroxyl groups is 2. The van der Waals surface area contributed by atoms with Gasteiger partial charge in [0.15, 0.2) is 0 Å². The van der Waals surface area contributed by atoms with Crippen molar-refractivity contribution in [3.05, 3.63) is 89.7 Å². The third-order valence-corrected chi connectivity index (χ3v) is 7.48. The highest BCUT2D eigenvalue weighted by molar-refractivity contribution is 8.11. The topological polar surface area (TPSA) is 63.9 Å². The molecular formula is C24H24FNO3S2. The normalized spacial score (nSPS) is 21.9. The summed E-state index contributed by atoms with van der Waals surface area (Å²) >= 11 is 6.47. The number of nitrogens with zero attached hydrogens (tertiary/aromatic N) is 1. The molecule has 4 atom stereocenters. The molecule has 0 radical (unpaired) electrons. The van der Waals surface area contributed by atoms with Gasteiger partial charge in [0.1, 0.15) is 22.0 Å². The highest BCUT2D eigenvalue weighted by atomic mass is 32.2. The molecule has 3 aromatic rings. The molecule has 162 valence electrons. The smallest absolute Gasteiger partial charge is 0.124 e. The van der Waals surface area contributed by atoms with Gasteiger partial charge in [-0.3, -0.25) is 0 Å². The quantitative estimate of drug-likeness (QED) is 0.362. The Bertz CT molecular complexity index is 1020. The van der Waals surface area contributed by atoms with E-state index in [-0.39, 0.29) is 33.3 Å². The molecule has 4 nitrogen and oxygen atoms in total. The first-order valence-electron chi connectivity index (χ1n) is 10.1. The van der Waals surface area contributed by atoms with Crippen LogP contribution in [0.5, 0.6) is 11.5 Å². The molecule has 7 heteroatoms. The van der Waals surface area contributed by atoms with E-state index >= 15 is 0 Å². The maximum atomic E-state index is 13.2. The number of anilines is 1. The average Bonchev–Trinajstić information content (AvgIpc) is 3.09. The SMILES string of the molecule is Oc1ccc(C2C(CCC(O)c3ccc(F)cc3)SC(S)N2c2ccccc2)c(O)c1. The van der Waals surface area contributed by atoms with E-state index in [1.54, 1.807) is 36.0 Å². The van der Waals surface area contributed by atoms with Gasteiger partial charge in [0.2, 0.25) is 0 Å². The summed E-state index contributed by atoms with van der Waals surface area (Å²) < 4.78 is 13.0. The minimum atomic E-state index is -0.709. The zero-order valence-corrected chi connectivity index (χ0v) is 18.4. The standard InChI is InChI=1S/C24H24FNO3S2/c25-16-8-6-15(7-9-16)20(28)12-13-22-23(19-11-10-18(27)14-21(19)29)26(24(30)31-22)17-4-2-1-3-5-17/h1-11,14,20,22-24,27-30H,12-13H2. The van der Waals surface area contributed by atoms with Crippen LogP contribution in [0.4, 0.5) is 10.1 Å². The van der Waals surface area contributed by atoms with E-state index in [1.165, 1.54) is 18.2 Å². The number of aliphatic hydroxyl groups excluding tert-OH is 1. The Labute approximate surface area is 190 Å². The van der Waals surface area contributed by atoms with Crippen molar-refractivity contribution in [3.63, 3.8) is 0 Å². The molecule has 1 fully saturated rings. The highest BCUT2D eigenvalue weighted by Crippen LogP contribution is 2.52. The van der Waals surface area contributed by atoms with Gasteiger partial charge >= 0.3 is 0 Å². The fraction of sp³-hybridized carbons (Fsp3) is 0.250. The number of phenolic OH excluding ortho intramolecular Hbond substituents is 2. The number of thioether (sulfide) groups is 1. The Hall–Kier alpha value is -2.35. The minimum Gasteiger partial charge on any atom is -0.508 e. The number of phenols is 2. The maximum absolute atomic E-state index is 13.2. The molecule has 3 aromatic carbocycles. The van der Waals surface area contributed by atoms with Gasteiger partial charge in [-0.05, 0) is 54.8 Å². The third kappa shape index (κ3) is 4.79. The van der Waals surface area contributed by atoms with Crippen molar-refractivity contribution >= 4 is 30.1 Å². The van der Waals surface area contributed by atoms with Gasteiger partial charge in [-0.25, -0.2) is 4.39 Å². The van der Waals surface area contributed by atoms with Crippen molar-refractivity contribution in [2.45, 2.75) is 34.9 Å². The van der Waals surface area contributed by atoms with Crippen LogP contribution in [-0.4, -0.2) is 25.3 Å². The molecule has 0 aromatic heterocycles. The summed E-state index contributed by atoms with van der Waals surface area (Å²) in [5, 5.41) is 31.0. The van der Waals surface area contributed by atoms with Gasteiger partial charge in [-0.1, -0.05) is 30.3 Å². The first kappa shape index (κ1) is 21.9. The van der Waals surface area contributed by atoms with Crippen molar-refractivity contribution in [3.8, 4) is 11.5 Å². The molecule has 1 saturated heterocycles. The van der Waals surface area contributed by atoms with Crippen LogP contribution >= 0.6 is 24.4 Å². The second-order valence-electron chi connectivity index (χ2n) is 7.58. The van der Waals surface area contributed by atoms with E-state index in [9.17, 15) is 19.7 Å². The number of benzene rings is 3. The number of halogens is 1. The van der Waals surface area contributed by atoms with Gasteiger partial charge in [0, 0.05) is 22.6 Å². The molecule has 4 unspecified atom stereocenters. The van der Waals surface area contributed by atoms with E-state index < -0.39 is 6.10 Å². The lowest BCUT2D eigenvalue weighted by atomic mass is 9.95. The van der Waals surface area contributed by atoms with E-state index in [0.29, 0.717) is 24.0 Å². The van der Waals surface area contributed by atoms with Crippen molar-refractivity contribution in [1.82, 2.24) is 0 Å². The molecule has 3 N–H and O–H groups in total. The third-order valence-electron chi connectivity index (χ3n) is 5.55. The van der Waals surface area contributed by atoms with E-state index in [1.807, 2.05) is 30.3 Å². The molecule has 1 aliphatic rings. The molecule has 0 amide bonds. The molecule has 1 aliphatic heterocycles. The van der Waals surface area contributed by atoms with Crippen molar-refractivity contribution in [2.75, 3.05) is 4.90 Å². The number of thiol groups is 1. The Morgan fingerprint density at radius 3 is 2.39 bits per heavy atom. The molecule has 31 heavy (non-hydrogen) atoms. The average molecular weight is 458 g/mol. The largest absolute Gasteiger partial charge is 0.508 e. The van der Waals surface area contributed by atoms with Crippen molar-refractivity contribution in [1.29, 1.82) is 0 Å². The van der Waals surface area contributed by atoms with Crippen LogP contribution in [0.3, 0.4) is 0 Å². The second kappa shape index (κ2) is 9.42. The Kier molecular flexibility index (Phi) is 6.65. The Morgan fingerprint density at radius 2 is 1.71 bits per heavy atom. The van der Waals surface area contributed by atoms with E-state index in [4.69, 9.17) is 12.6 Å². The van der Waals surface area contributed by atoms with Gasteiger partial charge in [0.25, 0.3) is 0 Å². The lowest BCUT2D eigenvalue weighted by Crippen LogP contribution is -2.30. The fourth-order valence-corrected chi connectivity index (χ4v) is 6.17. The Balaban J connectivity index is 1.61. The predicted molar refractivity (Wildman–Crippen MR) is 126 cm³/mol. The summed E-state index contributed by atoms with van der Waals surface area (Å²) in [7, 11) is 0. The molecule has 0 saturated carbocycles. The fourth-order valence-electron chi connectivity index (χ4n) is 4.03.